The maximum Gasteiger partial charge on any atom is 0.235 e. The lowest BCUT2D eigenvalue weighted by molar-refractivity contribution is -0.122. The van der Waals surface area contributed by atoms with Crippen LogP contribution in [-0.4, -0.2) is 37.0 Å². The fourth-order valence-corrected chi connectivity index (χ4v) is 5.60. The molecule has 4 nitrogen and oxygen atoms in total. The van der Waals surface area contributed by atoms with Gasteiger partial charge in [0, 0.05) is 18.8 Å². The first-order chi connectivity index (χ1) is 16.0. The van der Waals surface area contributed by atoms with Gasteiger partial charge in [0.05, 0.1) is 12.0 Å². The van der Waals surface area contributed by atoms with Crippen molar-refractivity contribution in [3.8, 4) is 5.75 Å². The molecule has 2 fully saturated rings. The Kier molecular flexibility index (Phi) is 8.08. The second-order valence-electron chi connectivity index (χ2n) is 10.2. The Morgan fingerprint density at radius 3 is 2.61 bits per heavy atom. The quantitative estimate of drug-likeness (QED) is 0.479. The SMILES string of the molecule is Cc1cccc(C2(C(=O)Nc3ccc(OCCCN4CCC[C@H](C)C4)cc3)CCCCC2)c1. The molecule has 0 unspecified atom stereocenters. The van der Waals surface area contributed by atoms with E-state index in [9.17, 15) is 4.79 Å². The Morgan fingerprint density at radius 1 is 1.09 bits per heavy atom. The van der Waals surface area contributed by atoms with Gasteiger partial charge in [0.15, 0.2) is 0 Å². The van der Waals surface area contributed by atoms with Crippen molar-refractivity contribution >= 4 is 11.6 Å². The summed E-state index contributed by atoms with van der Waals surface area (Å²) in [6, 6.07) is 16.4. The minimum Gasteiger partial charge on any atom is -0.494 e. The van der Waals surface area contributed by atoms with Crippen molar-refractivity contribution in [1.29, 1.82) is 0 Å². The van der Waals surface area contributed by atoms with E-state index < -0.39 is 5.41 Å². The van der Waals surface area contributed by atoms with Crippen LogP contribution in [0.25, 0.3) is 0 Å². The minimum atomic E-state index is -0.425. The first-order valence-electron chi connectivity index (χ1n) is 12.9. The van der Waals surface area contributed by atoms with E-state index in [1.807, 2.05) is 24.3 Å². The zero-order chi connectivity index (χ0) is 23.1. The molecule has 0 radical (unpaired) electrons. The van der Waals surface area contributed by atoms with E-state index in [-0.39, 0.29) is 5.91 Å². The third-order valence-corrected chi connectivity index (χ3v) is 7.45. The number of nitrogens with one attached hydrogen (secondary N) is 1. The lowest BCUT2D eigenvalue weighted by atomic mass is 9.68. The fraction of sp³-hybridized carbons (Fsp3) is 0.552. The molecule has 2 aromatic rings. The molecular formula is C29H40N2O2. The Labute approximate surface area is 199 Å². The Balaban J connectivity index is 1.31. The number of carbonyl (C=O) groups is 1. The number of benzene rings is 2. The lowest BCUT2D eigenvalue weighted by Crippen LogP contribution is -2.42. The number of piperidine rings is 1. The molecule has 1 saturated heterocycles. The molecule has 1 heterocycles. The van der Waals surface area contributed by atoms with Gasteiger partial charge in [-0.05, 0) is 81.3 Å². The van der Waals surface area contributed by atoms with Crippen LogP contribution < -0.4 is 10.1 Å². The fourth-order valence-electron chi connectivity index (χ4n) is 5.60. The van der Waals surface area contributed by atoms with Gasteiger partial charge in [-0.2, -0.15) is 0 Å². The first-order valence-corrected chi connectivity index (χ1v) is 12.9. The summed E-state index contributed by atoms with van der Waals surface area (Å²) in [7, 11) is 0. The predicted molar refractivity (Wildman–Crippen MR) is 136 cm³/mol. The van der Waals surface area contributed by atoms with Crippen LogP contribution in [0.5, 0.6) is 5.75 Å². The Hall–Kier alpha value is -2.33. The topological polar surface area (TPSA) is 41.6 Å². The van der Waals surface area contributed by atoms with Crippen LogP contribution in [0.3, 0.4) is 0 Å². The van der Waals surface area contributed by atoms with E-state index in [0.717, 1.165) is 68.2 Å². The van der Waals surface area contributed by atoms with Crippen LogP contribution in [-0.2, 0) is 10.2 Å². The van der Waals surface area contributed by atoms with Crippen LogP contribution in [0, 0.1) is 12.8 Å². The normalized spacial score (nSPS) is 20.8. The molecule has 0 aromatic heterocycles. The van der Waals surface area contributed by atoms with Gasteiger partial charge in [-0.3, -0.25) is 4.79 Å². The van der Waals surface area contributed by atoms with Gasteiger partial charge in [-0.25, -0.2) is 0 Å². The largest absolute Gasteiger partial charge is 0.494 e. The summed E-state index contributed by atoms with van der Waals surface area (Å²) in [5.41, 5.74) is 2.78. The summed E-state index contributed by atoms with van der Waals surface area (Å²) >= 11 is 0. The van der Waals surface area contributed by atoms with Crippen LogP contribution >= 0.6 is 0 Å². The van der Waals surface area contributed by atoms with Crippen molar-refractivity contribution in [1.82, 2.24) is 4.90 Å². The molecule has 1 N–H and O–H groups in total. The van der Waals surface area contributed by atoms with Gasteiger partial charge in [0.25, 0.3) is 0 Å². The number of likely N-dealkylation sites (tertiary alicyclic amines) is 1. The molecule has 1 saturated carbocycles. The number of hydrogen-bond acceptors (Lipinski definition) is 3. The van der Waals surface area contributed by atoms with E-state index in [0.29, 0.717) is 0 Å². The van der Waals surface area contributed by atoms with Crippen molar-refractivity contribution < 1.29 is 9.53 Å². The van der Waals surface area contributed by atoms with Gasteiger partial charge in [-0.1, -0.05) is 56.0 Å². The molecule has 0 spiro atoms. The van der Waals surface area contributed by atoms with Gasteiger partial charge in [0.2, 0.25) is 5.91 Å². The Morgan fingerprint density at radius 2 is 1.88 bits per heavy atom. The molecule has 0 bridgehead atoms. The molecular weight excluding hydrogens is 408 g/mol. The van der Waals surface area contributed by atoms with Crippen molar-refractivity contribution in [2.45, 2.75) is 70.6 Å². The number of rotatable bonds is 8. The molecule has 4 heteroatoms. The van der Waals surface area contributed by atoms with Crippen LogP contribution in [0.1, 0.15) is 69.4 Å². The van der Waals surface area contributed by atoms with E-state index in [2.05, 4.69) is 48.3 Å². The molecule has 1 aliphatic heterocycles. The summed E-state index contributed by atoms with van der Waals surface area (Å²) in [5.74, 6) is 1.81. The maximum atomic E-state index is 13.5. The third-order valence-electron chi connectivity index (χ3n) is 7.45. The van der Waals surface area contributed by atoms with Crippen LogP contribution in [0.4, 0.5) is 5.69 Å². The second-order valence-corrected chi connectivity index (χ2v) is 10.2. The van der Waals surface area contributed by atoms with Crippen molar-refractivity contribution in [3.05, 3.63) is 59.7 Å². The highest BCUT2D eigenvalue weighted by atomic mass is 16.5. The van der Waals surface area contributed by atoms with Gasteiger partial charge >= 0.3 is 0 Å². The molecule has 1 amide bonds. The molecule has 2 aromatic carbocycles. The number of carbonyl (C=O) groups excluding carboxylic acids is 1. The average Bonchev–Trinajstić information content (AvgIpc) is 2.83. The number of anilines is 1. The monoisotopic (exact) mass is 448 g/mol. The van der Waals surface area contributed by atoms with Gasteiger partial charge in [-0.15, -0.1) is 0 Å². The molecule has 178 valence electrons. The number of aryl methyl sites for hydroxylation is 1. The van der Waals surface area contributed by atoms with Crippen molar-refractivity contribution in [2.24, 2.45) is 5.92 Å². The van der Waals surface area contributed by atoms with Gasteiger partial charge < -0.3 is 15.0 Å². The van der Waals surface area contributed by atoms with E-state index in [1.54, 1.807) is 0 Å². The van der Waals surface area contributed by atoms with Crippen LogP contribution in [0.15, 0.2) is 48.5 Å². The maximum absolute atomic E-state index is 13.5. The highest BCUT2D eigenvalue weighted by Gasteiger charge is 2.41. The standard InChI is InChI=1S/C29H40N2O2/c1-23-9-6-11-25(21-23)29(16-4-3-5-17-29)28(32)30-26-12-14-27(15-13-26)33-20-8-19-31-18-7-10-24(2)22-31/h6,9,11-15,21,24H,3-5,7-8,10,16-20,22H2,1-2H3,(H,30,32)/t24-/m0/s1. The lowest BCUT2D eigenvalue weighted by Gasteiger charge is -2.36. The molecule has 33 heavy (non-hydrogen) atoms. The van der Waals surface area contributed by atoms with Crippen LogP contribution in [0.2, 0.25) is 0 Å². The highest BCUT2D eigenvalue weighted by molar-refractivity contribution is 5.99. The number of nitrogens with zero attached hydrogens (tertiary/aromatic N) is 1. The summed E-state index contributed by atoms with van der Waals surface area (Å²) in [6.07, 6.45) is 8.98. The zero-order valence-electron chi connectivity index (χ0n) is 20.4. The minimum absolute atomic E-state index is 0.122. The third kappa shape index (κ3) is 6.17. The number of hydrogen-bond donors (Lipinski definition) is 1. The Bertz CT molecular complexity index is 902. The summed E-state index contributed by atoms with van der Waals surface area (Å²) < 4.78 is 5.96. The highest BCUT2D eigenvalue weighted by Crippen LogP contribution is 2.40. The molecule has 2 aliphatic rings. The summed E-state index contributed by atoms with van der Waals surface area (Å²) in [5, 5.41) is 3.21. The average molecular weight is 449 g/mol. The predicted octanol–water partition coefficient (Wildman–Crippen LogP) is 6.34. The van der Waals surface area contributed by atoms with Crippen molar-refractivity contribution in [2.75, 3.05) is 31.6 Å². The van der Waals surface area contributed by atoms with E-state index >= 15 is 0 Å². The summed E-state index contributed by atoms with van der Waals surface area (Å²) in [4.78, 5) is 16.1. The first kappa shape index (κ1) is 23.8. The van der Waals surface area contributed by atoms with Crippen molar-refractivity contribution in [3.63, 3.8) is 0 Å². The van der Waals surface area contributed by atoms with E-state index in [4.69, 9.17) is 4.74 Å². The number of amides is 1. The smallest absolute Gasteiger partial charge is 0.235 e. The molecule has 1 atom stereocenters. The number of ether oxygens (including phenoxy) is 1. The molecule has 4 rings (SSSR count). The van der Waals surface area contributed by atoms with E-state index in [1.165, 1.54) is 37.9 Å². The molecule has 1 aliphatic carbocycles. The summed E-state index contributed by atoms with van der Waals surface area (Å²) in [6.45, 7) is 8.73. The van der Waals surface area contributed by atoms with Gasteiger partial charge in [0.1, 0.15) is 5.75 Å². The second kappa shape index (κ2) is 11.2. The zero-order valence-corrected chi connectivity index (χ0v) is 20.4.